The van der Waals surface area contributed by atoms with Gasteiger partial charge in [-0.1, -0.05) is 54.4 Å². The Hall–Kier alpha value is -2.17. The molecule has 0 spiro atoms. The van der Waals surface area contributed by atoms with Crippen molar-refractivity contribution in [3.8, 4) is 0 Å². The maximum Gasteiger partial charge on any atom is 0.309 e. The Balaban J connectivity index is 2.18. The van der Waals surface area contributed by atoms with Gasteiger partial charge in [-0.05, 0) is 62.8 Å². The van der Waals surface area contributed by atoms with Crippen molar-refractivity contribution < 1.29 is 27.9 Å². The number of sulfone groups is 1. The number of amides is 1. The lowest BCUT2D eigenvalue weighted by atomic mass is 9.88. The topological polar surface area (TPSA) is 104 Å². The Morgan fingerprint density at radius 3 is 2.32 bits per heavy atom. The number of carboxylic acids is 1. The first-order valence-electron chi connectivity index (χ1n) is 12.4. The lowest BCUT2D eigenvalue weighted by Gasteiger charge is -2.48. The fourth-order valence-electron chi connectivity index (χ4n) is 4.62. The van der Waals surface area contributed by atoms with Gasteiger partial charge in [-0.2, -0.15) is 0 Å². The molecule has 0 saturated carbocycles. The van der Waals surface area contributed by atoms with E-state index in [4.69, 9.17) is 27.9 Å². The summed E-state index contributed by atoms with van der Waals surface area (Å²) in [6, 6.07) is 12.4. The molecule has 0 aromatic heterocycles. The molecular weight excluding hydrogens is 551 g/mol. The van der Waals surface area contributed by atoms with Crippen LogP contribution in [0.4, 0.5) is 0 Å². The second kappa shape index (κ2) is 12.8. The zero-order valence-electron chi connectivity index (χ0n) is 21.9. The Bertz CT molecular complexity index is 1240. The van der Waals surface area contributed by atoms with E-state index in [1.807, 2.05) is 6.92 Å². The van der Waals surface area contributed by atoms with Crippen molar-refractivity contribution in [1.82, 2.24) is 9.80 Å². The van der Waals surface area contributed by atoms with Crippen molar-refractivity contribution in [3.05, 3.63) is 69.7 Å². The van der Waals surface area contributed by atoms with E-state index in [1.54, 1.807) is 67.5 Å². The Labute approximate surface area is 234 Å². The summed E-state index contributed by atoms with van der Waals surface area (Å²) in [6.07, 6.45) is -1.79. The fourth-order valence-corrected chi connectivity index (χ4v) is 6.74. The number of ether oxygens (including phenoxy) is 1. The van der Waals surface area contributed by atoms with E-state index in [1.165, 1.54) is 11.8 Å². The minimum Gasteiger partial charge on any atom is -0.481 e. The number of hydrogen-bond acceptors (Lipinski definition) is 6. The molecule has 1 saturated heterocycles. The van der Waals surface area contributed by atoms with E-state index < -0.39 is 51.9 Å². The van der Waals surface area contributed by atoms with Gasteiger partial charge in [0.25, 0.3) is 5.91 Å². The number of carbonyl (C=O) groups is 2. The van der Waals surface area contributed by atoms with Gasteiger partial charge >= 0.3 is 5.97 Å². The maximum absolute atomic E-state index is 14.0. The second-order valence-electron chi connectivity index (χ2n) is 9.88. The summed E-state index contributed by atoms with van der Waals surface area (Å²) in [7, 11) is 0.0372. The van der Waals surface area contributed by atoms with Crippen LogP contribution in [0.25, 0.3) is 0 Å². The lowest BCUT2D eigenvalue weighted by molar-refractivity contribution is -0.189. The van der Waals surface area contributed by atoms with Crippen molar-refractivity contribution in [2.24, 2.45) is 5.92 Å². The third-order valence-electron chi connectivity index (χ3n) is 6.77. The monoisotopic (exact) mass is 584 g/mol. The molecule has 208 valence electrons. The highest BCUT2D eigenvalue weighted by Crippen LogP contribution is 2.45. The van der Waals surface area contributed by atoms with Gasteiger partial charge in [-0.15, -0.1) is 0 Å². The van der Waals surface area contributed by atoms with Crippen LogP contribution in [-0.4, -0.2) is 79.5 Å². The standard InChI is InChI=1S/C27H34Cl2N2O6S/c1-5-22(16-38(35,36)14-13-30(3)4)31-23(18-9-11-20(28)12-10-18)25(19-7-6-8-21(29)15-19)37-24(26(31)32)17(2)27(33)34/h6-12,15,17,22-25H,5,13-14,16H2,1-4H3,(H,33,34)/t17?,22?,23-,24+,25-/m1/s1. The van der Waals surface area contributed by atoms with Gasteiger partial charge in [-0.3, -0.25) is 9.59 Å². The molecule has 2 aromatic rings. The molecule has 3 rings (SSSR count). The van der Waals surface area contributed by atoms with E-state index in [9.17, 15) is 23.1 Å². The largest absolute Gasteiger partial charge is 0.481 e. The van der Waals surface area contributed by atoms with Crippen molar-refractivity contribution in [3.63, 3.8) is 0 Å². The molecule has 0 bridgehead atoms. The first-order valence-corrected chi connectivity index (χ1v) is 15.0. The van der Waals surface area contributed by atoms with Crippen LogP contribution in [0.5, 0.6) is 0 Å². The molecular formula is C27H34Cl2N2O6S. The third kappa shape index (κ3) is 7.27. The van der Waals surface area contributed by atoms with Crippen LogP contribution in [0.2, 0.25) is 10.0 Å². The molecule has 1 fully saturated rings. The molecule has 8 nitrogen and oxygen atoms in total. The van der Waals surface area contributed by atoms with Crippen LogP contribution in [0.1, 0.15) is 43.5 Å². The van der Waals surface area contributed by atoms with E-state index in [2.05, 4.69) is 0 Å². The second-order valence-corrected chi connectivity index (χ2v) is 13.0. The van der Waals surface area contributed by atoms with Gasteiger partial charge in [0.2, 0.25) is 0 Å². The number of morpholine rings is 1. The van der Waals surface area contributed by atoms with Crippen molar-refractivity contribution in [1.29, 1.82) is 0 Å². The van der Waals surface area contributed by atoms with Gasteiger partial charge in [0, 0.05) is 22.6 Å². The Morgan fingerprint density at radius 2 is 1.76 bits per heavy atom. The predicted molar refractivity (Wildman–Crippen MR) is 148 cm³/mol. The number of nitrogens with zero attached hydrogens (tertiary/aromatic N) is 2. The summed E-state index contributed by atoms with van der Waals surface area (Å²) in [5.41, 5.74) is 1.32. The van der Waals surface area contributed by atoms with E-state index in [0.717, 1.165) is 0 Å². The molecule has 11 heteroatoms. The molecule has 0 radical (unpaired) electrons. The van der Waals surface area contributed by atoms with E-state index in [0.29, 0.717) is 34.1 Å². The van der Waals surface area contributed by atoms with Crippen LogP contribution in [0, 0.1) is 5.92 Å². The van der Waals surface area contributed by atoms with Gasteiger partial charge in [-0.25, -0.2) is 8.42 Å². The summed E-state index contributed by atoms with van der Waals surface area (Å²) in [6.45, 7) is 3.58. The lowest BCUT2D eigenvalue weighted by Crippen LogP contribution is -2.58. The minimum absolute atomic E-state index is 0.0622. The summed E-state index contributed by atoms with van der Waals surface area (Å²) in [5.74, 6) is -3.24. The van der Waals surface area contributed by atoms with E-state index >= 15 is 0 Å². The first kappa shape index (κ1) is 30.4. The highest BCUT2D eigenvalue weighted by molar-refractivity contribution is 7.91. The SMILES string of the molecule is CCC(CS(=O)(=O)CCN(C)C)N1C(=O)[C@H](C(C)C(=O)O)O[C@H](c2cccc(Cl)c2)[C@H]1c1ccc(Cl)cc1. The molecule has 1 aliphatic rings. The average molecular weight is 586 g/mol. The van der Waals surface area contributed by atoms with Crippen LogP contribution < -0.4 is 0 Å². The third-order valence-corrected chi connectivity index (χ3v) is 8.95. The fraction of sp³-hybridized carbons (Fsp3) is 0.481. The number of aliphatic carboxylic acids is 1. The predicted octanol–water partition coefficient (Wildman–Crippen LogP) is 4.48. The molecule has 2 unspecified atom stereocenters. The number of hydrogen-bond donors (Lipinski definition) is 1. The molecule has 1 heterocycles. The smallest absolute Gasteiger partial charge is 0.309 e. The normalized spacial score (nSPS) is 21.9. The summed E-state index contributed by atoms with van der Waals surface area (Å²) < 4.78 is 32.5. The zero-order chi connectivity index (χ0) is 28.2. The average Bonchev–Trinajstić information content (AvgIpc) is 2.86. The molecule has 0 aliphatic carbocycles. The van der Waals surface area contributed by atoms with Gasteiger partial charge < -0.3 is 19.6 Å². The number of benzene rings is 2. The Kier molecular flexibility index (Phi) is 10.2. The van der Waals surface area contributed by atoms with Crippen molar-refractivity contribution in [2.45, 2.75) is 44.6 Å². The highest BCUT2D eigenvalue weighted by Gasteiger charge is 2.49. The highest BCUT2D eigenvalue weighted by atomic mass is 35.5. The van der Waals surface area contributed by atoms with Gasteiger partial charge in [0.05, 0.1) is 23.5 Å². The summed E-state index contributed by atoms with van der Waals surface area (Å²) in [4.78, 5) is 29.3. The molecule has 5 atom stereocenters. The summed E-state index contributed by atoms with van der Waals surface area (Å²) >= 11 is 12.4. The van der Waals surface area contributed by atoms with Crippen molar-refractivity contribution >= 4 is 44.9 Å². The number of carboxylic acid groups (broad SMARTS) is 1. The molecule has 1 aliphatic heterocycles. The molecule has 38 heavy (non-hydrogen) atoms. The van der Waals surface area contributed by atoms with Gasteiger partial charge in [0.1, 0.15) is 12.2 Å². The van der Waals surface area contributed by atoms with Gasteiger partial charge in [0.15, 0.2) is 9.84 Å². The maximum atomic E-state index is 14.0. The van der Waals surface area contributed by atoms with Crippen LogP contribution in [0.15, 0.2) is 48.5 Å². The van der Waals surface area contributed by atoms with E-state index in [-0.39, 0.29) is 11.5 Å². The van der Waals surface area contributed by atoms with Crippen LogP contribution in [0.3, 0.4) is 0 Å². The zero-order valence-corrected chi connectivity index (χ0v) is 24.2. The number of rotatable bonds is 11. The van der Waals surface area contributed by atoms with Crippen LogP contribution >= 0.6 is 23.2 Å². The van der Waals surface area contributed by atoms with Crippen LogP contribution in [-0.2, 0) is 24.2 Å². The molecule has 1 N–H and O–H groups in total. The molecule has 1 amide bonds. The number of carbonyl (C=O) groups excluding carboxylic acids is 1. The minimum atomic E-state index is -3.55. The van der Waals surface area contributed by atoms with Crippen molar-refractivity contribution in [2.75, 3.05) is 32.1 Å². The quantitative estimate of drug-likeness (QED) is 0.415. The Morgan fingerprint density at radius 1 is 1.11 bits per heavy atom. The first-order chi connectivity index (χ1) is 17.8. The summed E-state index contributed by atoms with van der Waals surface area (Å²) in [5, 5.41) is 10.7. The molecule has 2 aromatic carbocycles. The number of halogens is 2.